The standard InChI is InChI=1S/C32H43FN2O2S/c1-3-4-5-6-7-8-9-10-11-12-13-14-20-37-31-19-18-29(22-30(31)33)34-32(36)28-17-15-16-27(21-28)24-35-23-26(2)38-25-35/h15-19,21-23,25H,3-14,20,24H2,1-2H3/p+1. The van der Waals surface area contributed by atoms with Gasteiger partial charge < -0.3 is 10.1 Å². The first-order valence-corrected chi connectivity index (χ1v) is 15.2. The van der Waals surface area contributed by atoms with Crippen molar-refractivity contribution < 1.29 is 18.5 Å². The van der Waals surface area contributed by atoms with Crippen LogP contribution in [-0.4, -0.2) is 12.5 Å². The molecule has 0 aliphatic heterocycles. The Kier molecular flexibility index (Phi) is 13.3. The lowest BCUT2D eigenvalue weighted by atomic mass is 10.1. The van der Waals surface area contributed by atoms with Crippen LogP contribution in [0, 0.1) is 12.7 Å². The monoisotopic (exact) mass is 539 g/mol. The molecule has 3 rings (SSSR count). The zero-order chi connectivity index (χ0) is 27.0. The average Bonchev–Trinajstić information content (AvgIpc) is 3.32. The highest BCUT2D eigenvalue weighted by Gasteiger charge is 2.12. The number of hydrogen-bond acceptors (Lipinski definition) is 3. The summed E-state index contributed by atoms with van der Waals surface area (Å²) in [6.07, 6.45) is 17.5. The summed E-state index contributed by atoms with van der Waals surface area (Å²) in [5.41, 5.74) is 4.06. The molecule has 0 saturated carbocycles. The van der Waals surface area contributed by atoms with Crippen molar-refractivity contribution >= 4 is 22.9 Å². The van der Waals surface area contributed by atoms with Gasteiger partial charge in [-0.3, -0.25) is 4.79 Å². The number of unbranched alkanes of at least 4 members (excludes halogenated alkanes) is 11. The van der Waals surface area contributed by atoms with Crippen LogP contribution >= 0.6 is 11.3 Å². The topological polar surface area (TPSA) is 42.2 Å². The maximum absolute atomic E-state index is 14.6. The van der Waals surface area contributed by atoms with E-state index in [0.29, 0.717) is 24.4 Å². The van der Waals surface area contributed by atoms with E-state index in [1.165, 1.54) is 75.2 Å². The Balaban J connectivity index is 1.33. The van der Waals surface area contributed by atoms with E-state index in [4.69, 9.17) is 4.74 Å². The summed E-state index contributed by atoms with van der Waals surface area (Å²) >= 11 is 1.69. The number of nitrogens with one attached hydrogen (secondary N) is 1. The number of ether oxygens (including phenoxy) is 1. The Morgan fingerprint density at radius 3 is 2.24 bits per heavy atom. The third-order valence-corrected chi connectivity index (χ3v) is 7.57. The lowest BCUT2D eigenvalue weighted by Gasteiger charge is -2.10. The highest BCUT2D eigenvalue weighted by Crippen LogP contribution is 2.22. The smallest absolute Gasteiger partial charge is 0.255 e. The van der Waals surface area contributed by atoms with Gasteiger partial charge in [-0.25, -0.2) is 4.39 Å². The van der Waals surface area contributed by atoms with Crippen LogP contribution in [0.5, 0.6) is 5.75 Å². The van der Waals surface area contributed by atoms with Crippen molar-refractivity contribution in [2.45, 2.75) is 97.4 Å². The first-order valence-electron chi connectivity index (χ1n) is 14.3. The Morgan fingerprint density at radius 2 is 1.61 bits per heavy atom. The van der Waals surface area contributed by atoms with Crippen LogP contribution in [0.4, 0.5) is 10.1 Å². The van der Waals surface area contributed by atoms with Crippen LogP contribution in [0.2, 0.25) is 0 Å². The van der Waals surface area contributed by atoms with Gasteiger partial charge in [0.25, 0.3) is 5.91 Å². The number of amides is 1. The van der Waals surface area contributed by atoms with Crippen molar-refractivity contribution in [3.63, 3.8) is 0 Å². The first-order chi connectivity index (χ1) is 18.5. The van der Waals surface area contributed by atoms with Gasteiger partial charge in [0.2, 0.25) is 5.51 Å². The zero-order valence-electron chi connectivity index (χ0n) is 23.1. The molecule has 0 atom stereocenters. The minimum atomic E-state index is -0.459. The fourth-order valence-corrected chi connectivity index (χ4v) is 5.21. The fraction of sp³-hybridized carbons (Fsp3) is 0.500. The number of benzene rings is 2. The van der Waals surface area contributed by atoms with Crippen LogP contribution in [0.1, 0.15) is 105 Å². The molecule has 1 heterocycles. The Labute approximate surface area is 232 Å². The van der Waals surface area contributed by atoms with E-state index in [0.717, 1.165) is 18.4 Å². The molecule has 0 unspecified atom stereocenters. The van der Waals surface area contributed by atoms with Crippen molar-refractivity contribution in [3.05, 3.63) is 76.0 Å². The number of hydrogen-bond donors (Lipinski definition) is 1. The summed E-state index contributed by atoms with van der Waals surface area (Å²) in [4.78, 5) is 14.0. The quantitative estimate of drug-likeness (QED) is 0.130. The first kappa shape index (κ1) is 29.8. The highest BCUT2D eigenvalue weighted by molar-refractivity contribution is 7.09. The molecule has 0 aliphatic carbocycles. The zero-order valence-corrected chi connectivity index (χ0v) is 24.0. The van der Waals surface area contributed by atoms with E-state index in [9.17, 15) is 9.18 Å². The summed E-state index contributed by atoms with van der Waals surface area (Å²) in [6.45, 7) is 5.54. The number of thiazole rings is 1. The van der Waals surface area contributed by atoms with Gasteiger partial charge in [0.05, 0.1) is 11.5 Å². The van der Waals surface area contributed by atoms with Crippen molar-refractivity contribution in [2.75, 3.05) is 11.9 Å². The third kappa shape index (κ3) is 10.9. The van der Waals surface area contributed by atoms with Crippen molar-refractivity contribution in [2.24, 2.45) is 0 Å². The summed E-state index contributed by atoms with van der Waals surface area (Å²) < 4.78 is 22.3. The molecule has 1 N–H and O–H groups in total. The van der Waals surface area contributed by atoms with Crippen LogP contribution in [0.3, 0.4) is 0 Å². The molecular formula is C32H44FN2O2S+. The number of halogens is 1. The molecule has 0 fully saturated rings. The molecule has 0 spiro atoms. The Morgan fingerprint density at radius 1 is 0.921 bits per heavy atom. The minimum absolute atomic E-state index is 0.233. The highest BCUT2D eigenvalue weighted by atomic mass is 32.1. The van der Waals surface area contributed by atoms with E-state index in [1.807, 2.05) is 18.2 Å². The molecule has 38 heavy (non-hydrogen) atoms. The summed E-state index contributed by atoms with van der Waals surface area (Å²) in [6, 6.07) is 12.1. The number of anilines is 1. The lowest BCUT2D eigenvalue weighted by molar-refractivity contribution is -0.683. The Bertz CT molecular complexity index is 1110. The summed E-state index contributed by atoms with van der Waals surface area (Å²) in [7, 11) is 0. The second-order valence-corrected chi connectivity index (χ2v) is 11.3. The number of carbonyl (C=O) groups excluding carboxylic acids is 1. The number of aryl methyl sites for hydroxylation is 1. The maximum atomic E-state index is 14.6. The van der Waals surface area contributed by atoms with Gasteiger partial charge in [0, 0.05) is 22.9 Å². The molecule has 0 radical (unpaired) electrons. The molecule has 2 aromatic carbocycles. The molecule has 1 aromatic heterocycles. The van der Waals surface area contributed by atoms with Crippen LogP contribution in [0.15, 0.2) is 54.2 Å². The largest absolute Gasteiger partial charge is 0.491 e. The van der Waals surface area contributed by atoms with Crippen molar-refractivity contribution in [1.82, 2.24) is 0 Å². The van der Waals surface area contributed by atoms with E-state index in [-0.39, 0.29) is 11.7 Å². The van der Waals surface area contributed by atoms with E-state index in [2.05, 4.69) is 35.4 Å². The van der Waals surface area contributed by atoms with Gasteiger partial charge in [-0.05, 0) is 37.6 Å². The number of nitrogens with zero attached hydrogens (tertiary/aromatic N) is 1. The fourth-order valence-electron chi connectivity index (χ4n) is 4.57. The summed E-state index contributed by atoms with van der Waals surface area (Å²) in [5, 5.41) is 2.80. The van der Waals surface area contributed by atoms with Crippen molar-refractivity contribution in [3.8, 4) is 5.75 Å². The van der Waals surface area contributed by atoms with Gasteiger partial charge >= 0.3 is 0 Å². The van der Waals surface area contributed by atoms with Gasteiger partial charge in [-0.15, -0.1) is 0 Å². The number of rotatable bonds is 18. The van der Waals surface area contributed by atoms with Crippen LogP contribution in [-0.2, 0) is 6.54 Å². The lowest BCUT2D eigenvalue weighted by Crippen LogP contribution is -2.30. The van der Waals surface area contributed by atoms with Gasteiger partial charge in [-0.2, -0.15) is 4.57 Å². The SMILES string of the molecule is CCCCCCCCCCCCCCOc1ccc(NC(=O)c2cccc(C[n+]3csc(C)c3)c2)cc1F. The molecule has 4 nitrogen and oxygen atoms in total. The number of aromatic nitrogens is 1. The molecule has 6 heteroatoms. The minimum Gasteiger partial charge on any atom is -0.491 e. The van der Waals surface area contributed by atoms with Gasteiger partial charge in [0.15, 0.2) is 24.3 Å². The van der Waals surface area contributed by atoms with Crippen molar-refractivity contribution in [1.29, 1.82) is 0 Å². The van der Waals surface area contributed by atoms with Crippen LogP contribution < -0.4 is 14.6 Å². The maximum Gasteiger partial charge on any atom is 0.255 e. The molecule has 3 aromatic rings. The van der Waals surface area contributed by atoms with E-state index >= 15 is 0 Å². The normalized spacial score (nSPS) is 11.0. The summed E-state index contributed by atoms with van der Waals surface area (Å²) in [5.74, 6) is -0.487. The van der Waals surface area contributed by atoms with E-state index in [1.54, 1.807) is 29.5 Å². The second-order valence-electron chi connectivity index (χ2n) is 10.2. The molecular weight excluding hydrogens is 495 g/mol. The average molecular weight is 540 g/mol. The van der Waals surface area contributed by atoms with Gasteiger partial charge in [-0.1, -0.05) is 101 Å². The molecule has 206 valence electrons. The van der Waals surface area contributed by atoms with Crippen LogP contribution in [0.25, 0.3) is 0 Å². The third-order valence-electron chi connectivity index (χ3n) is 6.72. The molecule has 0 bridgehead atoms. The number of carbonyl (C=O) groups is 1. The predicted molar refractivity (Wildman–Crippen MR) is 156 cm³/mol. The molecule has 0 aliphatic rings. The Hall–Kier alpha value is -2.73. The molecule has 1 amide bonds. The van der Waals surface area contributed by atoms with E-state index < -0.39 is 5.82 Å². The van der Waals surface area contributed by atoms with Gasteiger partial charge in [0.1, 0.15) is 0 Å². The second kappa shape index (κ2) is 17.0. The predicted octanol–water partition coefficient (Wildman–Crippen LogP) is 8.86. The molecule has 0 saturated heterocycles.